The van der Waals surface area contributed by atoms with E-state index in [2.05, 4.69) is 5.32 Å². The Morgan fingerprint density at radius 3 is 2.00 bits per heavy atom. The molecular weight excluding hydrogens is 198 g/mol. The van der Waals surface area contributed by atoms with Gasteiger partial charge in [0.15, 0.2) is 0 Å². The second kappa shape index (κ2) is 4.81. The number of nitrogens with one attached hydrogen (secondary N) is 1. The predicted octanol–water partition coefficient (Wildman–Crippen LogP) is 2.81. The molecule has 0 saturated heterocycles. The minimum Gasteiger partial charge on any atom is -0.388 e. The normalized spacial score (nSPS) is 12.1. The topological polar surface area (TPSA) is 32.3 Å². The molecule has 0 amide bonds. The van der Waals surface area contributed by atoms with Gasteiger partial charge >= 0.3 is 0 Å². The minimum atomic E-state index is -0.549. The zero-order valence-corrected chi connectivity index (χ0v) is 9.22. The Kier molecular flexibility index (Phi) is 3.22. The van der Waals surface area contributed by atoms with Gasteiger partial charge in [0, 0.05) is 12.7 Å². The number of aliphatic hydroxyl groups is 1. The summed E-state index contributed by atoms with van der Waals surface area (Å²) < 4.78 is 0. The summed E-state index contributed by atoms with van der Waals surface area (Å²) in [6.45, 7) is 0. The summed E-state index contributed by atoms with van der Waals surface area (Å²) in [6, 6.07) is 17.4. The van der Waals surface area contributed by atoms with E-state index in [1.165, 1.54) is 0 Å². The number of benzene rings is 2. The van der Waals surface area contributed by atoms with E-state index in [-0.39, 0.29) is 0 Å². The summed E-state index contributed by atoms with van der Waals surface area (Å²) in [4.78, 5) is 0. The first-order valence-electron chi connectivity index (χ1n) is 5.32. The lowest BCUT2D eigenvalue weighted by atomic mass is 10.0. The Hall–Kier alpha value is -1.80. The first-order valence-corrected chi connectivity index (χ1v) is 5.32. The second-order valence-electron chi connectivity index (χ2n) is 3.69. The van der Waals surface area contributed by atoms with Crippen LogP contribution in [0.15, 0.2) is 54.6 Å². The molecule has 0 aliphatic heterocycles. The highest BCUT2D eigenvalue weighted by Crippen LogP contribution is 2.22. The maximum Gasteiger partial charge on any atom is 0.104 e. The van der Waals surface area contributed by atoms with Crippen LogP contribution in [0.3, 0.4) is 0 Å². The zero-order chi connectivity index (χ0) is 11.4. The van der Waals surface area contributed by atoms with E-state index in [1.807, 2.05) is 61.6 Å². The quantitative estimate of drug-likeness (QED) is 0.821. The van der Waals surface area contributed by atoms with E-state index in [9.17, 15) is 5.11 Å². The van der Waals surface area contributed by atoms with Crippen LogP contribution in [-0.4, -0.2) is 12.2 Å². The van der Waals surface area contributed by atoms with Gasteiger partial charge in [-0.25, -0.2) is 0 Å². The smallest absolute Gasteiger partial charge is 0.104 e. The summed E-state index contributed by atoms with van der Waals surface area (Å²) in [6.07, 6.45) is -0.549. The van der Waals surface area contributed by atoms with Crippen molar-refractivity contribution in [1.82, 2.24) is 0 Å². The van der Waals surface area contributed by atoms with Crippen LogP contribution in [0.4, 0.5) is 5.69 Å². The summed E-state index contributed by atoms with van der Waals surface area (Å²) >= 11 is 0. The molecule has 2 N–H and O–H groups in total. The van der Waals surface area contributed by atoms with Gasteiger partial charge in [0.2, 0.25) is 0 Å². The molecule has 2 aromatic carbocycles. The van der Waals surface area contributed by atoms with Crippen LogP contribution in [0.2, 0.25) is 0 Å². The first-order chi connectivity index (χ1) is 7.81. The molecule has 0 radical (unpaired) electrons. The monoisotopic (exact) mass is 213 g/mol. The van der Waals surface area contributed by atoms with Gasteiger partial charge in [-0.05, 0) is 23.3 Å². The van der Waals surface area contributed by atoms with Gasteiger partial charge in [0.05, 0.1) is 0 Å². The molecule has 0 saturated carbocycles. The van der Waals surface area contributed by atoms with E-state index in [1.54, 1.807) is 0 Å². The molecule has 2 aromatic rings. The molecule has 1 atom stereocenters. The number of aliphatic hydroxyl groups excluding tert-OH is 1. The Morgan fingerprint density at radius 1 is 0.875 bits per heavy atom. The molecule has 0 aromatic heterocycles. The van der Waals surface area contributed by atoms with E-state index in [0.29, 0.717) is 0 Å². The maximum atomic E-state index is 10.1. The van der Waals surface area contributed by atoms with E-state index < -0.39 is 6.10 Å². The highest BCUT2D eigenvalue weighted by Gasteiger charge is 2.08. The molecule has 0 aliphatic carbocycles. The van der Waals surface area contributed by atoms with Crippen LogP contribution in [0.5, 0.6) is 0 Å². The highest BCUT2D eigenvalue weighted by atomic mass is 16.3. The number of anilines is 1. The highest BCUT2D eigenvalue weighted by molar-refractivity contribution is 5.45. The lowest BCUT2D eigenvalue weighted by Gasteiger charge is -2.11. The second-order valence-corrected chi connectivity index (χ2v) is 3.69. The lowest BCUT2D eigenvalue weighted by molar-refractivity contribution is 0.220. The lowest BCUT2D eigenvalue weighted by Crippen LogP contribution is -1.99. The van der Waals surface area contributed by atoms with E-state index >= 15 is 0 Å². The molecule has 0 spiro atoms. The van der Waals surface area contributed by atoms with E-state index in [4.69, 9.17) is 0 Å². The van der Waals surface area contributed by atoms with Crippen molar-refractivity contribution in [2.75, 3.05) is 12.4 Å². The third-order valence-corrected chi connectivity index (χ3v) is 2.63. The van der Waals surface area contributed by atoms with Crippen LogP contribution in [0.25, 0.3) is 0 Å². The molecule has 1 unspecified atom stereocenters. The van der Waals surface area contributed by atoms with Crippen LogP contribution >= 0.6 is 0 Å². The van der Waals surface area contributed by atoms with Crippen molar-refractivity contribution in [3.63, 3.8) is 0 Å². The van der Waals surface area contributed by atoms with Gasteiger partial charge in [-0.15, -0.1) is 0 Å². The average Bonchev–Trinajstić information content (AvgIpc) is 2.39. The van der Waals surface area contributed by atoms with Gasteiger partial charge in [-0.3, -0.25) is 0 Å². The van der Waals surface area contributed by atoms with Crippen molar-refractivity contribution in [3.05, 3.63) is 65.7 Å². The molecule has 0 fully saturated rings. The Morgan fingerprint density at radius 2 is 1.44 bits per heavy atom. The zero-order valence-electron chi connectivity index (χ0n) is 9.22. The Labute approximate surface area is 95.6 Å². The third-order valence-electron chi connectivity index (χ3n) is 2.63. The summed E-state index contributed by atoms with van der Waals surface area (Å²) in [5.41, 5.74) is 2.87. The van der Waals surface area contributed by atoms with Crippen LogP contribution < -0.4 is 5.32 Å². The Bertz CT molecular complexity index is 436. The van der Waals surface area contributed by atoms with Gasteiger partial charge in [0.25, 0.3) is 0 Å². The van der Waals surface area contributed by atoms with Gasteiger partial charge in [-0.2, -0.15) is 0 Å². The van der Waals surface area contributed by atoms with Crippen molar-refractivity contribution in [3.8, 4) is 0 Å². The molecule has 2 rings (SSSR count). The molecule has 0 bridgehead atoms. The maximum absolute atomic E-state index is 10.1. The molecule has 2 heteroatoms. The van der Waals surface area contributed by atoms with Gasteiger partial charge in [0.1, 0.15) is 6.10 Å². The molecule has 2 nitrogen and oxygen atoms in total. The summed E-state index contributed by atoms with van der Waals surface area (Å²) in [7, 11) is 1.88. The van der Waals surface area contributed by atoms with Crippen LogP contribution in [0.1, 0.15) is 17.2 Å². The molecular formula is C14H15NO. The van der Waals surface area contributed by atoms with Crippen molar-refractivity contribution in [2.24, 2.45) is 0 Å². The predicted molar refractivity (Wildman–Crippen MR) is 66.5 cm³/mol. The van der Waals surface area contributed by atoms with E-state index in [0.717, 1.165) is 16.8 Å². The first kappa shape index (κ1) is 10.7. The number of rotatable bonds is 3. The van der Waals surface area contributed by atoms with Gasteiger partial charge in [-0.1, -0.05) is 42.5 Å². The third kappa shape index (κ3) is 2.23. The number of hydrogen-bond donors (Lipinski definition) is 2. The Balaban J connectivity index is 2.24. The summed E-state index contributed by atoms with van der Waals surface area (Å²) in [5.74, 6) is 0. The van der Waals surface area contributed by atoms with Crippen LogP contribution in [0, 0.1) is 0 Å². The number of hydrogen-bond acceptors (Lipinski definition) is 2. The molecule has 16 heavy (non-hydrogen) atoms. The summed E-state index contributed by atoms with van der Waals surface area (Å²) in [5, 5.41) is 13.2. The fourth-order valence-electron chi connectivity index (χ4n) is 1.66. The molecule has 0 heterocycles. The van der Waals surface area contributed by atoms with Crippen molar-refractivity contribution < 1.29 is 5.11 Å². The van der Waals surface area contributed by atoms with Gasteiger partial charge < -0.3 is 10.4 Å². The SMILES string of the molecule is CNc1ccc(C(O)c2ccccc2)cc1. The molecule has 82 valence electrons. The minimum absolute atomic E-state index is 0.549. The molecule has 0 aliphatic rings. The van der Waals surface area contributed by atoms with Crippen molar-refractivity contribution in [2.45, 2.75) is 6.10 Å². The van der Waals surface area contributed by atoms with Crippen molar-refractivity contribution in [1.29, 1.82) is 0 Å². The van der Waals surface area contributed by atoms with Crippen LogP contribution in [-0.2, 0) is 0 Å². The fraction of sp³-hybridized carbons (Fsp3) is 0.143. The van der Waals surface area contributed by atoms with Crippen molar-refractivity contribution >= 4 is 5.69 Å². The average molecular weight is 213 g/mol. The standard InChI is InChI=1S/C14H15NO/c1-15-13-9-7-12(8-10-13)14(16)11-5-3-2-4-6-11/h2-10,14-16H,1H3. The largest absolute Gasteiger partial charge is 0.388 e. The fourth-order valence-corrected chi connectivity index (χ4v) is 1.66.